The molecule has 2 aromatic rings. The van der Waals surface area contributed by atoms with Gasteiger partial charge in [-0.05, 0) is 43.5 Å². The van der Waals surface area contributed by atoms with Crippen molar-refractivity contribution in [3.8, 4) is 5.75 Å². The fourth-order valence-corrected chi connectivity index (χ4v) is 4.14. The van der Waals surface area contributed by atoms with Gasteiger partial charge < -0.3 is 14.2 Å². The first-order chi connectivity index (χ1) is 13.6. The molecule has 3 heterocycles. The fourth-order valence-electron chi connectivity index (χ4n) is 4.14. The molecule has 4 rings (SSSR count). The molecule has 0 spiro atoms. The average molecular weight is 386 g/mol. The van der Waals surface area contributed by atoms with Crippen molar-refractivity contribution in [2.45, 2.75) is 31.3 Å². The van der Waals surface area contributed by atoms with Crippen LogP contribution in [0.5, 0.6) is 5.75 Å². The highest BCUT2D eigenvalue weighted by atomic mass is 19.1. The third kappa shape index (κ3) is 4.05. The summed E-state index contributed by atoms with van der Waals surface area (Å²) in [6.07, 6.45) is 4.67. The van der Waals surface area contributed by atoms with E-state index in [1.807, 2.05) is 24.2 Å². The minimum absolute atomic E-state index is 0.124. The molecule has 28 heavy (non-hydrogen) atoms. The first kappa shape index (κ1) is 19.0. The molecular weight excluding hydrogens is 359 g/mol. The van der Waals surface area contributed by atoms with Crippen molar-refractivity contribution in [3.05, 3.63) is 54.1 Å². The van der Waals surface area contributed by atoms with Crippen molar-refractivity contribution in [2.75, 3.05) is 19.7 Å². The van der Waals surface area contributed by atoms with Gasteiger partial charge in [-0.3, -0.25) is 4.79 Å². The number of hydrogen-bond acceptors (Lipinski definition) is 4. The number of carbonyl (C=O) groups excluding carboxylic acids is 1. The Hall–Kier alpha value is -2.38. The molecule has 3 unspecified atom stereocenters. The van der Waals surface area contributed by atoms with E-state index >= 15 is 0 Å². The number of hydrazine groups is 1. The van der Waals surface area contributed by atoms with Gasteiger partial charge in [0.25, 0.3) is 0 Å². The van der Waals surface area contributed by atoms with Crippen LogP contribution in [0.25, 0.3) is 0 Å². The zero-order valence-electron chi connectivity index (χ0n) is 16.1. The number of likely N-dealkylation sites (tertiary alicyclic amines) is 1. The molecule has 0 radical (unpaired) electrons. The van der Waals surface area contributed by atoms with Gasteiger partial charge in [0.1, 0.15) is 6.04 Å². The highest BCUT2D eigenvalue weighted by Crippen LogP contribution is 2.25. The molecule has 1 aromatic carbocycles. The third-order valence-corrected chi connectivity index (χ3v) is 5.68. The van der Waals surface area contributed by atoms with Gasteiger partial charge in [0, 0.05) is 37.9 Å². The van der Waals surface area contributed by atoms with Crippen LogP contribution in [0, 0.1) is 11.7 Å². The van der Waals surface area contributed by atoms with Crippen molar-refractivity contribution in [3.63, 3.8) is 0 Å². The molecule has 2 aliphatic heterocycles. The predicted molar refractivity (Wildman–Crippen MR) is 104 cm³/mol. The highest BCUT2D eigenvalue weighted by Gasteiger charge is 2.35. The van der Waals surface area contributed by atoms with Crippen LogP contribution in [0.3, 0.4) is 0 Å². The molecule has 0 aliphatic carbocycles. The summed E-state index contributed by atoms with van der Waals surface area (Å²) in [7, 11) is 2.01. The van der Waals surface area contributed by atoms with Crippen LogP contribution >= 0.6 is 0 Å². The number of carbonyl (C=O) groups is 1. The maximum atomic E-state index is 13.7. The summed E-state index contributed by atoms with van der Waals surface area (Å²) in [6, 6.07) is 10.4. The van der Waals surface area contributed by atoms with Gasteiger partial charge in [-0.15, -0.1) is 0 Å². The summed E-state index contributed by atoms with van der Waals surface area (Å²) >= 11 is 0. The molecular formula is C21H27FN4O2. The van der Waals surface area contributed by atoms with Crippen LogP contribution in [0.1, 0.15) is 31.0 Å². The third-order valence-electron chi connectivity index (χ3n) is 5.68. The van der Waals surface area contributed by atoms with Gasteiger partial charge in [-0.1, -0.05) is 12.1 Å². The van der Waals surface area contributed by atoms with Gasteiger partial charge in [-0.2, -0.15) is 0 Å². The second kappa shape index (κ2) is 8.32. The van der Waals surface area contributed by atoms with Gasteiger partial charge in [0.05, 0.1) is 12.6 Å². The van der Waals surface area contributed by atoms with Crippen LogP contribution in [0.15, 0.2) is 42.6 Å². The highest BCUT2D eigenvalue weighted by molar-refractivity contribution is 5.82. The summed E-state index contributed by atoms with van der Waals surface area (Å²) in [5.74, 6) is 0.271. The van der Waals surface area contributed by atoms with Crippen LogP contribution < -0.4 is 15.6 Å². The minimum Gasteiger partial charge on any atom is -0.490 e. The lowest BCUT2D eigenvalue weighted by molar-refractivity contribution is -0.135. The van der Waals surface area contributed by atoms with E-state index in [0.29, 0.717) is 13.2 Å². The SMILES string of the molecule is Cn1cccc1C1CC(C(=O)N2CCCC(COc3ccccc3F)C2)NN1. The quantitative estimate of drug-likeness (QED) is 0.829. The zero-order chi connectivity index (χ0) is 19.5. The number of rotatable bonds is 5. The van der Waals surface area contributed by atoms with Crippen molar-refractivity contribution >= 4 is 5.91 Å². The molecule has 1 aromatic heterocycles. The van der Waals surface area contributed by atoms with E-state index in [0.717, 1.165) is 31.5 Å². The molecule has 7 heteroatoms. The number of aromatic nitrogens is 1. The van der Waals surface area contributed by atoms with Crippen molar-refractivity contribution in [1.29, 1.82) is 0 Å². The average Bonchev–Trinajstić information content (AvgIpc) is 3.36. The predicted octanol–water partition coefficient (Wildman–Crippen LogP) is 2.39. The number of aryl methyl sites for hydroxylation is 1. The summed E-state index contributed by atoms with van der Waals surface area (Å²) in [6.45, 7) is 1.84. The summed E-state index contributed by atoms with van der Waals surface area (Å²) in [5, 5.41) is 0. The lowest BCUT2D eigenvalue weighted by Crippen LogP contribution is -2.49. The monoisotopic (exact) mass is 386 g/mol. The number of amides is 1. The molecule has 0 saturated carbocycles. The normalized spacial score (nSPS) is 25.1. The molecule has 2 aliphatic rings. The number of nitrogens with one attached hydrogen (secondary N) is 2. The number of ether oxygens (including phenoxy) is 1. The Kier molecular flexibility index (Phi) is 5.64. The molecule has 6 nitrogen and oxygen atoms in total. The second-order valence-corrected chi connectivity index (χ2v) is 7.71. The first-order valence-electron chi connectivity index (χ1n) is 9.90. The number of halogens is 1. The second-order valence-electron chi connectivity index (χ2n) is 7.71. The summed E-state index contributed by atoms with van der Waals surface area (Å²) in [4.78, 5) is 14.9. The molecule has 150 valence electrons. The minimum atomic E-state index is -0.348. The van der Waals surface area contributed by atoms with Crippen molar-refractivity contribution < 1.29 is 13.9 Å². The van der Waals surface area contributed by atoms with Crippen LogP contribution in [-0.4, -0.2) is 41.1 Å². The van der Waals surface area contributed by atoms with E-state index in [4.69, 9.17) is 4.74 Å². The smallest absolute Gasteiger partial charge is 0.241 e. The van der Waals surface area contributed by atoms with Crippen LogP contribution in [0.2, 0.25) is 0 Å². The van der Waals surface area contributed by atoms with Gasteiger partial charge in [0.2, 0.25) is 5.91 Å². The van der Waals surface area contributed by atoms with Crippen LogP contribution in [0.4, 0.5) is 4.39 Å². The largest absolute Gasteiger partial charge is 0.490 e. The van der Waals surface area contributed by atoms with E-state index in [-0.39, 0.29) is 35.5 Å². The Bertz CT molecular complexity index is 824. The fraction of sp³-hybridized carbons (Fsp3) is 0.476. The molecule has 2 saturated heterocycles. The lowest BCUT2D eigenvalue weighted by Gasteiger charge is -2.34. The zero-order valence-corrected chi connectivity index (χ0v) is 16.1. The Morgan fingerprint density at radius 3 is 2.89 bits per heavy atom. The van der Waals surface area contributed by atoms with E-state index < -0.39 is 0 Å². The molecule has 1 amide bonds. The number of benzene rings is 1. The summed E-state index contributed by atoms with van der Waals surface area (Å²) < 4.78 is 21.5. The Morgan fingerprint density at radius 1 is 1.25 bits per heavy atom. The first-order valence-corrected chi connectivity index (χ1v) is 9.90. The van der Waals surface area contributed by atoms with E-state index in [1.54, 1.807) is 18.2 Å². The number of para-hydroxylation sites is 1. The number of hydrogen-bond donors (Lipinski definition) is 2. The van der Waals surface area contributed by atoms with Gasteiger partial charge >= 0.3 is 0 Å². The Morgan fingerprint density at radius 2 is 2.11 bits per heavy atom. The summed E-state index contributed by atoms with van der Waals surface area (Å²) in [5.41, 5.74) is 7.58. The topological polar surface area (TPSA) is 58.5 Å². The van der Waals surface area contributed by atoms with Gasteiger partial charge in [0.15, 0.2) is 11.6 Å². The van der Waals surface area contributed by atoms with Crippen molar-refractivity contribution in [2.24, 2.45) is 13.0 Å². The molecule has 2 fully saturated rings. The Balaban J connectivity index is 1.31. The standard InChI is InChI=1S/C21H27FN4O2/c1-25-10-5-8-19(25)17-12-18(24-23-17)21(27)26-11-4-6-15(13-26)14-28-20-9-3-2-7-16(20)22/h2-3,5,7-10,15,17-18,23-24H,4,6,11-14H2,1H3. The maximum absolute atomic E-state index is 13.7. The Labute approximate surface area is 164 Å². The van der Waals surface area contributed by atoms with E-state index in [2.05, 4.69) is 21.5 Å². The maximum Gasteiger partial charge on any atom is 0.241 e. The molecule has 0 bridgehead atoms. The van der Waals surface area contributed by atoms with Crippen molar-refractivity contribution in [1.82, 2.24) is 20.3 Å². The molecule has 3 atom stereocenters. The van der Waals surface area contributed by atoms with E-state index in [1.165, 1.54) is 6.07 Å². The lowest BCUT2D eigenvalue weighted by atomic mass is 9.97. The van der Waals surface area contributed by atoms with Crippen LogP contribution in [-0.2, 0) is 11.8 Å². The number of piperidine rings is 1. The van der Waals surface area contributed by atoms with Gasteiger partial charge in [-0.25, -0.2) is 15.2 Å². The molecule has 2 N–H and O–H groups in total. The number of nitrogens with zero attached hydrogens (tertiary/aromatic N) is 2. The van der Waals surface area contributed by atoms with E-state index in [9.17, 15) is 9.18 Å².